The second kappa shape index (κ2) is 10.4. The molecule has 0 aliphatic heterocycles. The summed E-state index contributed by atoms with van der Waals surface area (Å²) in [4.78, 5) is 25.0. The van der Waals surface area contributed by atoms with E-state index in [2.05, 4.69) is 10.2 Å². The van der Waals surface area contributed by atoms with Crippen LogP contribution in [0, 0.1) is 0 Å². The highest BCUT2D eigenvalue weighted by atomic mass is 35.5. The molecule has 0 bridgehead atoms. The number of aliphatic carboxylic acids is 1. The smallest absolute Gasteiger partial charge is 0.326 e. The van der Waals surface area contributed by atoms with Gasteiger partial charge in [-0.2, -0.15) is 0 Å². The number of halogens is 2. The van der Waals surface area contributed by atoms with Crippen LogP contribution in [-0.4, -0.2) is 53.9 Å². The Morgan fingerprint density at radius 3 is 2.17 bits per heavy atom. The molecule has 1 rings (SSSR count). The molecule has 0 heterocycles. The molecule has 8 heteroatoms. The number of nitrogens with two attached hydrogens (primary N) is 1. The molecule has 0 aromatic heterocycles. The highest BCUT2D eigenvalue weighted by Gasteiger charge is 2.22. The van der Waals surface area contributed by atoms with Crippen LogP contribution in [0.5, 0.6) is 0 Å². The van der Waals surface area contributed by atoms with E-state index in [9.17, 15) is 14.7 Å². The first kappa shape index (κ1) is 20.5. The average Bonchev–Trinajstić information content (AvgIpc) is 2.54. The lowest BCUT2D eigenvalue weighted by Gasteiger charge is -2.23. The van der Waals surface area contributed by atoms with Crippen LogP contribution in [0.3, 0.4) is 0 Å². The zero-order chi connectivity index (χ0) is 18.1. The fourth-order valence-electron chi connectivity index (χ4n) is 2.16. The Labute approximate surface area is 151 Å². The minimum Gasteiger partial charge on any atom is -0.480 e. The fraction of sp³-hybridized carbons (Fsp3) is 0.500. The van der Waals surface area contributed by atoms with Gasteiger partial charge < -0.3 is 21.1 Å². The monoisotopic (exact) mass is 375 g/mol. The Bertz CT molecular complexity index is 532. The van der Waals surface area contributed by atoms with Crippen molar-refractivity contribution in [1.82, 2.24) is 5.32 Å². The van der Waals surface area contributed by atoms with Crippen molar-refractivity contribution < 1.29 is 14.7 Å². The molecule has 4 N–H and O–H groups in total. The van der Waals surface area contributed by atoms with Crippen molar-refractivity contribution in [3.8, 4) is 0 Å². The van der Waals surface area contributed by atoms with E-state index in [1.807, 2.05) is 24.3 Å². The normalized spacial score (nSPS) is 13.2. The summed E-state index contributed by atoms with van der Waals surface area (Å²) in [5.41, 5.74) is 7.22. The van der Waals surface area contributed by atoms with E-state index in [1.165, 1.54) is 6.92 Å². The summed E-state index contributed by atoms with van der Waals surface area (Å²) in [5, 5.41) is 11.7. The molecule has 134 valence electrons. The summed E-state index contributed by atoms with van der Waals surface area (Å²) in [6.45, 7) is 2.86. The molecule has 0 spiro atoms. The Hall–Kier alpha value is -1.50. The van der Waals surface area contributed by atoms with Crippen LogP contribution in [-0.2, 0) is 16.0 Å². The lowest BCUT2D eigenvalue weighted by atomic mass is 10.0. The van der Waals surface area contributed by atoms with Crippen LogP contribution in [0.1, 0.15) is 12.5 Å². The van der Waals surface area contributed by atoms with Gasteiger partial charge in [-0.25, -0.2) is 4.79 Å². The Morgan fingerprint density at radius 2 is 1.75 bits per heavy atom. The van der Waals surface area contributed by atoms with Crippen LogP contribution < -0.4 is 16.0 Å². The van der Waals surface area contributed by atoms with Gasteiger partial charge in [0.1, 0.15) is 6.04 Å². The summed E-state index contributed by atoms with van der Waals surface area (Å²) in [5.74, 6) is -0.611. The predicted octanol–water partition coefficient (Wildman–Crippen LogP) is 1.43. The molecule has 1 amide bonds. The van der Waals surface area contributed by atoms with E-state index in [-0.39, 0.29) is 6.42 Å². The fourth-order valence-corrected chi connectivity index (χ4v) is 2.56. The van der Waals surface area contributed by atoms with Crippen molar-refractivity contribution in [2.45, 2.75) is 25.4 Å². The van der Waals surface area contributed by atoms with Crippen molar-refractivity contribution in [1.29, 1.82) is 0 Å². The summed E-state index contributed by atoms with van der Waals surface area (Å²) in [6, 6.07) is 5.67. The Kier molecular flexibility index (Phi) is 8.89. The number of carboxylic acids is 1. The van der Waals surface area contributed by atoms with Gasteiger partial charge in [0.05, 0.1) is 6.04 Å². The van der Waals surface area contributed by atoms with Crippen LogP contribution in [0.2, 0.25) is 0 Å². The first-order chi connectivity index (χ1) is 11.4. The van der Waals surface area contributed by atoms with Crippen LogP contribution in [0.4, 0.5) is 5.69 Å². The van der Waals surface area contributed by atoms with Gasteiger partial charge in [0, 0.05) is 37.0 Å². The molecular weight excluding hydrogens is 353 g/mol. The molecule has 0 unspecified atom stereocenters. The van der Waals surface area contributed by atoms with E-state index in [0.717, 1.165) is 11.3 Å². The van der Waals surface area contributed by atoms with Crippen molar-refractivity contribution in [3.63, 3.8) is 0 Å². The molecule has 0 radical (unpaired) electrons. The average molecular weight is 376 g/mol. The highest BCUT2D eigenvalue weighted by Crippen LogP contribution is 2.16. The number of amides is 1. The zero-order valence-electron chi connectivity index (χ0n) is 13.5. The molecule has 0 saturated carbocycles. The number of carbonyl (C=O) groups is 2. The number of hydrogen-bond donors (Lipinski definition) is 3. The number of nitrogens with one attached hydrogen (secondary N) is 1. The molecule has 1 aromatic rings. The SMILES string of the molecule is C[C@@H](N)C(=O)N[C@@H](Cc1ccc(N(CCCl)CCCl)cc1)C(=O)O. The van der Waals surface area contributed by atoms with Crippen LogP contribution >= 0.6 is 23.2 Å². The molecule has 0 aliphatic rings. The number of rotatable bonds is 10. The van der Waals surface area contributed by atoms with Gasteiger partial charge in [-0.3, -0.25) is 4.79 Å². The number of benzene rings is 1. The second-order valence-electron chi connectivity index (χ2n) is 5.42. The molecule has 0 saturated heterocycles. The summed E-state index contributed by atoms with van der Waals surface area (Å²) in [7, 11) is 0. The first-order valence-corrected chi connectivity index (χ1v) is 8.70. The second-order valence-corrected chi connectivity index (χ2v) is 6.18. The maximum absolute atomic E-state index is 11.6. The molecule has 2 atom stereocenters. The van der Waals surface area contributed by atoms with Gasteiger partial charge in [0.15, 0.2) is 0 Å². The van der Waals surface area contributed by atoms with E-state index >= 15 is 0 Å². The molecule has 6 nitrogen and oxygen atoms in total. The molecule has 0 aliphatic carbocycles. The Morgan fingerprint density at radius 1 is 1.21 bits per heavy atom. The predicted molar refractivity (Wildman–Crippen MR) is 97.0 cm³/mol. The molecule has 24 heavy (non-hydrogen) atoms. The van der Waals surface area contributed by atoms with Gasteiger partial charge in [-0.15, -0.1) is 23.2 Å². The van der Waals surface area contributed by atoms with E-state index in [0.29, 0.717) is 24.8 Å². The zero-order valence-corrected chi connectivity index (χ0v) is 15.1. The number of alkyl halides is 2. The number of nitrogens with zero attached hydrogens (tertiary/aromatic N) is 1. The Balaban J connectivity index is 2.79. The number of anilines is 1. The summed E-state index contributed by atoms with van der Waals surface area (Å²) < 4.78 is 0. The maximum Gasteiger partial charge on any atom is 0.326 e. The van der Waals surface area contributed by atoms with Crippen molar-refractivity contribution in [2.75, 3.05) is 29.7 Å². The third-order valence-electron chi connectivity index (χ3n) is 3.48. The van der Waals surface area contributed by atoms with E-state index in [1.54, 1.807) is 0 Å². The highest BCUT2D eigenvalue weighted by molar-refractivity contribution is 6.18. The molecular formula is C16H23Cl2N3O3. The standard InChI is InChI=1S/C16H23Cl2N3O3/c1-11(19)15(22)20-14(16(23)24)10-12-2-4-13(5-3-12)21(8-6-17)9-7-18/h2-5,11,14H,6-10,19H2,1H3,(H,20,22)(H,23,24)/t11-,14+/m1/s1. The lowest BCUT2D eigenvalue weighted by molar-refractivity contribution is -0.141. The van der Waals surface area contributed by atoms with E-state index < -0.39 is 24.0 Å². The van der Waals surface area contributed by atoms with Gasteiger partial charge in [0.25, 0.3) is 0 Å². The van der Waals surface area contributed by atoms with Gasteiger partial charge >= 0.3 is 5.97 Å². The summed E-state index contributed by atoms with van der Waals surface area (Å²) >= 11 is 11.6. The number of hydrogen-bond acceptors (Lipinski definition) is 4. The third-order valence-corrected chi connectivity index (χ3v) is 3.82. The first-order valence-electron chi connectivity index (χ1n) is 7.63. The van der Waals surface area contributed by atoms with Crippen molar-refractivity contribution in [2.24, 2.45) is 5.73 Å². The summed E-state index contributed by atoms with van der Waals surface area (Å²) in [6.07, 6.45) is 0.180. The maximum atomic E-state index is 11.6. The van der Waals surface area contributed by atoms with Crippen molar-refractivity contribution >= 4 is 40.8 Å². The molecule has 0 fully saturated rings. The van der Waals surface area contributed by atoms with Crippen LogP contribution in [0.15, 0.2) is 24.3 Å². The van der Waals surface area contributed by atoms with Crippen LogP contribution in [0.25, 0.3) is 0 Å². The third kappa shape index (κ3) is 6.55. The minimum absolute atomic E-state index is 0.180. The van der Waals surface area contributed by atoms with Gasteiger partial charge in [0.2, 0.25) is 5.91 Å². The van der Waals surface area contributed by atoms with Gasteiger partial charge in [-0.1, -0.05) is 12.1 Å². The minimum atomic E-state index is -1.10. The lowest BCUT2D eigenvalue weighted by Crippen LogP contribution is -2.48. The van der Waals surface area contributed by atoms with Crippen molar-refractivity contribution in [3.05, 3.63) is 29.8 Å². The number of carbonyl (C=O) groups excluding carboxylic acids is 1. The van der Waals surface area contributed by atoms with E-state index in [4.69, 9.17) is 28.9 Å². The largest absolute Gasteiger partial charge is 0.480 e. The topological polar surface area (TPSA) is 95.7 Å². The van der Waals surface area contributed by atoms with Gasteiger partial charge in [-0.05, 0) is 24.6 Å². The molecule has 1 aromatic carbocycles. The number of carboxylic acid groups (broad SMARTS) is 1. The quantitative estimate of drug-likeness (QED) is 0.537.